The average Bonchev–Trinajstić information content (AvgIpc) is 2.68. The van der Waals surface area contributed by atoms with Crippen LogP contribution in [0, 0.1) is 0 Å². The van der Waals surface area contributed by atoms with Crippen LogP contribution < -0.4 is 11.6 Å². The van der Waals surface area contributed by atoms with Gasteiger partial charge in [0, 0.05) is 0 Å². The minimum absolute atomic E-state index is 0.533. The predicted octanol–water partition coefficient (Wildman–Crippen LogP) is 0.937. The van der Waals surface area contributed by atoms with Crippen LogP contribution >= 0.6 is 0 Å². The number of carbonyl (C=O) groups is 1. The topological polar surface area (TPSA) is 74.3 Å². The van der Waals surface area contributed by atoms with Gasteiger partial charge in [0.2, 0.25) is 0 Å². The van der Waals surface area contributed by atoms with Crippen LogP contribution in [0.3, 0.4) is 0 Å². The van der Waals surface area contributed by atoms with Crippen molar-refractivity contribution in [2.45, 2.75) is 9.79 Å². The third-order valence-corrected chi connectivity index (χ3v) is 11.8. The molecule has 0 saturated carbocycles. The van der Waals surface area contributed by atoms with E-state index < -0.39 is 39.0 Å². The maximum atomic E-state index is 12.3. The van der Waals surface area contributed by atoms with Gasteiger partial charge in [0.15, 0.2) is 0 Å². The van der Waals surface area contributed by atoms with Gasteiger partial charge in [-0.05, 0) is 11.6 Å². The molecule has 1 aliphatic rings. The molecule has 3 aromatic carbocycles. The van der Waals surface area contributed by atoms with Gasteiger partial charge in [0.1, 0.15) is 0 Å². The molecule has 0 N–H and O–H groups in total. The summed E-state index contributed by atoms with van der Waals surface area (Å²) in [7, 11) is -3.26. The van der Waals surface area contributed by atoms with Crippen LogP contribution in [0.4, 0.5) is 0 Å². The molecular formula is C21H15BiO4S. The van der Waals surface area contributed by atoms with Gasteiger partial charge in [-0.2, -0.15) is 0 Å². The van der Waals surface area contributed by atoms with Gasteiger partial charge in [0.05, 0.1) is 5.97 Å². The van der Waals surface area contributed by atoms with Gasteiger partial charge in [-0.25, -0.2) is 0 Å². The SMILES string of the molecule is O=C([O-])/C=C/c1ccccc1.O=S1(=O)c2cccc[c]2[Bi+][c]2ccccc21. The molecule has 1 heterocycles. The van der Waals surface area contributed by atoms with Gasteiger partial charge in [-0.1, -0.05) is 36.4 Å². The minimum atomic E-state index is -3.26. The summed E-state index contributed by atoms with van der Waals surface area (Å²) < 4.78 is 26.8. The third kappa shape index (κ3) is 4.71. The van der Waals surface area contributed by atoms with E-state index in [0.29, 0.717) is 9.79 Å². The van der Waals surface area contributed by atoms with Gasteiger partial charge in [-0.3, -0.25) is 0 Å². The van der Waals surface area contributed by atoms with E-state index in [4.69, 9.17) is 0 Å². The molecule has 1 aliphatic heterocycles. The van der Waals surface area contributed by atoms with Gasteiger partial charge >= 0.3 is 106 Å². The summed E-state index contributed by atoms with van der Waals surface area (Å²) in [5.41, 5.74) is 0.858. The molecule has 0 aromatic heterocycles. The Balaban J connectivity index is 0.000000168. The Labute approximate surface area is 169 Å². The van der Waals surface area contributed by atoms with Gasteiger partial charge < -0.3 is 9.90 Å². The van der Waals surface area contributed by atoms with Crippen molar-refractivity contribution < 1.29 is 18.3 Å². The van der Waals surface area contributed by atoms with E-state index in [1.54, 1.807) is 24.3 Å². The molecule has 4 nitrogen and oxygen atoms in total. The fourth-order valence-electron chi connectivity index (χ4n) is 2.53. The molecule has 6 heteroatoms. The van der Waals surface area contributed by atoms with Crippen LogP contribution in [0.5, 0.6) is 0 Å². The second-order valence-electron chi connectivity index (χ2n) is 5.61. The molecular weight excluding hydrogens is 557 g/mol. The number of carboxylic acid groups (broad SMARTS) is 1. The number of rotatable bonds is 2. The molecule has 0 amide bonds. The molecule has 0 bridgehead atoms. The standard InChI is InChI=1S/C12H8O2S.C9H8O2.Bi/c13-15(14,11-7-3-1-4-8-11)12-9-5-2-6-10-12;10-9(11)7-6-8-4-2-1-3-5-8;/h1-7,9H;1-7H,(H,10,11);/q;;+1/p-1/b;7-6+;. The van der Waals surface area contributed by atoms with Gasteiger partial charge in [0.25, 0.3) is 0 Å². The number of aliphatic carboxylic acids is 1. The van der Waals surface area contributed by atoms with E-state index >= 15 is 0 Å². The van der Waals surface area contributed by atoms with E-state index in [0.717, 1.165) is 18.2 Å². The Morgan fingerprint density at radius 2 is 1.26 bits per heavy atom. The molecule has 0 unspecified atom stereocenters. The van der Waals surface area contributed by atoms with Crippen molar-refractivity contribution in [2.75, 3.05) is 0 Å². The second kappa shape index (κ2) is 8.59. The second-order valence-corrected chi connectivity index (χ2v) is 12.1. The first-order chi connectivity index (χ1) is 13.0. The number of carbonyl (C=O) groups excluding carboxylic acids is 1. The van der Waals surface area contributed by atoms with Crippen molar-refractivity contribution in [3.63, 3.8) is 0 Å². The molecule has 134 valence electrons. The molecule has 2 radical (unpaired) electrons. The molecule has 0 aliphatic carbocycles. The zero-order chi connectivity index (χ0) is 19.3. The Bertz CT molecular complexity index is 1040. The van der Waals surface area contributed by atoms with Crippen molar-refractivity contribution in [1.82, 2.24) is 0 Å². The molecule has 4 rings (SSSR count). The summed E-state index contributed by atoms with van der Waals surface area (Å²) in [6.07, 6.45) is 2.50. The summed E-state index contributed by atoms with van der Waals surface area (Å²) in [6, 6.07) is 24.0. The molecule has 3 aromatic rings. The van der Waals surface area contributed by atoms with Crippen LogP contribution in [-0.4, -0.2) is 37.6 Å². The molecule has 27 heavy (non-hydrogen) atoms. The molecule has 0 spiro atoms. The van der Waals surface area contributed by atoms with E-state index in [1.807, 2.05) is 54.6 Å². The van der Waals surface area contributed by atoms with Crippen molar-refractivity contribution in [1.29, 1.82) is 0 Å². The van der Waals surface area contributed by atoms with Crippen LogP contribution in [0.25, 0.3) is 6.08 Å². The molecule has 0 atom stereocenters. The Kier molecular flexibility index (Phi) is 6.20. The third-order valence-electron chi connectivity index (χ3n) is 3.76. The summed E-state index contributed by atoms with van der Waals surface area (Å²) in [6.45, 7) is 0. The Hall–Kier alpha value is -2.30. The molecule has 0 saturated heterocycles. The zero-order valence-corrected chi connectivity index (χ0v) is 18.4. The summed E-state index contributed by atoms with van der Waals surface area (Å²) in [5.74, 6) is -1.17. The van der Waals surface area contributed by atoms with Crippen molar-refractivity contribution >= 4 is 51.7 Å². The van der Waals surface area contributed by atoms with Crippen molar-refractivity contribution in [2.24, 2.45) is 0 Å². The predicted molar refractivity (Wildman–Crippen MR) is 104 cm³/mol. The first kappa shape index (κ1) is 19.5. The number of carboxylic acids is 1. The number of hydrogen-bond donors (Lipinski definition) is 0. The number of hydrogen-bond acceptors (Lipinski definition) is 4. The summed E-state index contributed by atoms with van der Waals surface area (Å²) in [5, 5.41) is 9.97. The van der Waals surface area contributed by atoms with Crippen molar-refractivity contribution in [3.8, 4) is 0 Å². The normalized spacial score (nSPS) is 13.8. The van der Waals surface area contributed by atoms with E-state index in [-0.39, 0.29) is 0 Å². The van der Waals surface area contributed by atoms with Crippen LogP contribution in [0.15, 0.2) is 94.7 Å². The number of benzene rings is 3. The fourth-order valence-corrected chi connectivity index (χ4v) is 11.3. The maximum absolute atomic E-state index is 12.3. The Morgan fingerprint density at radius 3 is 1.78 bits per heavy atom. The number of fused-ring (bicyclic) bond motifs is 2. The quantitative estimate of drug-likeness (QED) is 0.265. The Morgan fingerprint density at radius 1 is 0.778 bits per heavy atom. The van der Waals surface area contributed by atoms with E-state index in [9.17, 15) is 18.3 Å². The van der Waals surface area contributed by atoms with E-state index in [1.165, 1.54) is 6.08 Å². The number of sulfone groups is 1. The first-order valence-electron chi connectivity index (χ1n) is 8.07. The molecule has 0 fully saturated rings. The van der Waals surface area contributed by atoms with E-state index in [2.05, 4.69) is 0 Å². The van der Waals surface area contributed by atoms with Crippen LogP contribution in [-0.2, 0) is 14.6 Å². The monoisotopic (exact) mass is 572 g/mol. The summed E-state index contributed by atoms with van der Waals surface area (Å²) in [4.78, 5) is 11.0. The zero-order valence-electron chi connectivity index (χ0n) is 14.1. The van der Waals surface area contributed by atoms with Crippen molar-refractivity contribution in [3.05, 3.63) is 90.5 Å². The first-order valence-corrected chi connectivity index (χ1v) is 13.0. The van der Waals surface area contributed by atoms with Crippen LogP contribution in [0.2, 0.25) is 0 Å². The fraction of sp³-hybridized carbons (Fsp3) is 0. The summed E-state index contributed by atoms with van der Waals surface area (Å²) >= 11 is -1.05. The van der Waals surface area contributed by atoms with Crippen LogP contribution in [0.1, 0.15) is 5.56 Å². The average molecular weight is 572 g/mol. The van der Waals surface area contributed by atoms with Gasteiger partial charge in [-0.15, -0.1) is 0 Å².